The second kappa shape index (κ2) is 12.2. The second-order valence-corrected chi connectivity index (χ2v) is 10.2. The number of nitrogens with zero attached hydrogens (tertiary/aromatic N) is 1. The largest absolute Gasteiger partial charge is 0.487 e. The lowest BCUT2D eigenvalue weighted by molar-refractivity contribution is 0.0929. The Bertz CT molecular complexity index is 1090. The van der Waals surface area contributed by atoms with Crippen LogP contribution in [-0.4, -0.2) is 30.0 Å². The standard InChI is InChI=1S/C31H37N3O2/c35-31(34-27-16-19-32-20-17-27)26-10-8-24(9-11-26)30(21-23-5-1-2-6-23)25-12-14-29(15-13-25)36-22-28-7-3-4-18-33-28/h3-4,7-15,18,23,27,30,32H,1-2,5-6,16-17,19-22H2,(H,34,35)/t30-/m1/s1. The Hall–Kier alpha value is -3.18. The van der Waals surface area contributed by atoms with Gasteiger partial charge in [-0.2, -0.15) is 0 Å². The molecule has 1 saturated heterocycles. The minimum absolute atomic E-state index is 0.0372. The molecule has 5 rings (SSSR count). The molecule has 0 unspecified atom stereocenters. The van der Waals surface area contributed by atoms with Crippen molar-refractivity contribution in [3.63, 3.8) is 0 Å². The summed E-state index contributed by atoms with van der Waals surface area (Å²) in [5.74, 6) is 1.97. The Kier molecular flexibility index (Phi) is 8.29. The second-order valence-electron chi connectivity index (χ2n) is 10.2. The molecule has 36 heavy (non-hydrogen) atoms. The van der Waals surface area contributed by atoms with Crippen LogP contribution in [0.4, 0.5) is 0 Å². The van der Waals surface area contributed by atoms with Crippen molar-refractivity contribution in [1.29, 1.82) is 0 Å². The fraction of sp³-hybridized carbons (Fsp3) is 0.419. The van der Waals surface area contributed by atoms with Gasteiger partial charge in [0, 0.05) is 23.7 Å². The summed E-state index contributed by atoms with van der Waals surface area (Å²) in [5.41, 5.74) is 4.25. The van der Waals surface area contributed by atoms with Gasteiger partial charge in [-0.25, -0.2) is 0 Å². The van der Waals surface area contributed by atoms with Gasteiger partial charge in [-0.05, 0) is 85.8 Å². The maximum Gasteiger partial charge on any atom is 0.251 e. The van der Waals surface area contributed by atoms with Crippen LogP contribution >= 0.6 is 0 Å². The van der Waals surface area contributed by atoms with Crippen LogP contribution in [0.5, 0.6) is 5.75 Å². The van der Waals surface area contributed by atoms with Gasteiger partial charge in [-0.3, -0.25) is 9.78 Å². The molecule has 3 aromatic rings. The van der Waals surface area contributed by atoms with E-state index in [1.54, 1.807) is 6.20 Å². The first kappa shape index (κ1) is 24.5. The number of piperidine rings is 1. The topological polar surface area (TPSA) is 63.2 Å². The molecule has 2 aromatic carbocycles. The number of carbonyl (C=O) groups is 1. The maximum absolute atomic E-state index is 12.8. The van der Waals surface area contributed by atoms with Gasteiger partial charge in [0.15, 0.2) is 0 Å². The molecule has 2 aliphatic rings. The lowest BCUT2D eigenvalue weighted by Gasteiger charge is -2.24. The molecule has 1 atom stereocenters. The van der Waals surface area contributed by atoms with E-state index in [2.05, 4.69) is 52.0 Å². The summed E-state index contributed by atoms with van der Waals surface area (Å²) in [5, 5.41) is 6.56. The summed E-state index contributed by atoms with van der Waals surface area (Å²) in [6.07, 6.45) is 10.2. The molecule has 5 nitrogen and oxygen atoms in total. The van der Waals surface area contributed by atoms with Gasteiger partial charge < -0.3 is 15.4 Å². The number of rotatable bonds is 9. The smallest absolute Gasteiger partial charge is 0.251 e. The fourth-order valence-electron chi connectivity index (χ4n) is 5.58. The predicted octanol–water partition coefficient (Wildman–Crippen LogP) is 5.85. The highest BCUT2D eigenvalue weighted by Gasteiger charge is 2.23. The molecule has 1 amide bonds. The predicted molar refractivity (Wildman–Crippen MR) is 143 cm³/mol. The molecule has 0 spiro atoms. The van der Waals surface area contributed by atoms with Crippen molar-refractivity contribution >= 4 is 5.91 Å². The van der Waals surface area contributed by atoms with Gasteiger partial charge in [0.25, 0.3) is 5.91 Å². The van der Waals surface area contributed by atoms with Crippen molar-refractivity contribution < 1.29 is 9.53 Å². The van der Waals surface area contributed by atoms with Gasteiger partial charge in [0.05, 0.1) is 5.69 Å². The van der Waals surface area contributed by atoms with Crippen LogP contribution in [0.15, 0.2) is 72.9 Å². The highest BCUT2D eigenvalue weighted by atomic mass is 16.5. The Labute approximate surface area is 214 Å². The lowest BCUT2D eigenvalue weighted by atomic mass is 9.83. The summed E-state index contributed by atoms with van der Waals surface area (Å²) in [7, 11) is 0. The van der Waals surface area contributed by atoms with E-state index < -0.39 is 0 Å². The number of nitrogens with one attached hydrogen (secondary N) is 2. The van der Waals surface area contributed by atoms with E-state index in [-0.39, 0.29) is 11.9 Å². The van der Waals surface area contributed by atoms with Crippen LogP contribution in [0.25, 0.3) is 0 Å². The number of hydrogen-bond donors (Lipinski definition) is 2. The molecule has 5 heteroatoms. The number of carbonyl (C=O) groups excluding carboxylic acids is 1. The SMILES string of the molecule is O=C(NC1CCNCC1)c1ccc([C@@H](CC2CCCC2)c2ccc(OCc3ccccn3)cc2)cc1. The molecule has 1 saturated carbocycles. The Morgan fingerprint density at radius 3 is 2.28 bits per heavy atom. The summed E-state index contributed by atoms with van der Waals surface area (Å²) >= 11 is 0. The number of benzene rings is 2. The van der Waals surface area contributed by atoms with Crippen molar-refractivity contribution in [3.8, 4) is 5.75 Å². The van der Waals surface area contributed by atoms with Crippen molar-refractivity contribution in [2.45, 2.75) is 63.5 Å². The fourth-order valence-corrected chi connectivity index (χ4v) is 5.58. The molecule has 0 bridgehead atoms. The first-order chi connectivity index (χ1) is 17.7. The Morgan fingerprint density at radius 2 is 1.61 bits per heavy atom. The molecule has 1 aliphatic heterocycles. The molecule has 2 N–H and O–H groups in total. The molecule has 0 radical (unpaired) electrons. The third-order valence-electron chi connectivity index (χ3n) is 7.69. The van der Waals surface area contributed by atoms with Gasteiger partial charge in [0.2, 0.25) is 0 Å². The number of ether oxygens (including phenoxy) is 1. The minimum atomic E-state index is 0.0372. The van der Waals surface area contributed by atoms with Crippen LogP contribution in [-0.2, 0) is 6.61 Å². The van der Waals surface area contributed by atoms with Crippen LogP contribution in [0.3, 0.4) is 0 Å². The summed E-state index contributed by atoms with van der Waals surface area (Å²) in [4.78, 5) is 17.1. The third-order valence-corrected chi connectivity index (χ3v) is 7.69. The quantitative estimate of drug-likeness (QED) is 0.400. The minimum Gasteiger partial charge on any atom is -0.487 e. The van der Waals surface area contributed by atoms with Crippen molar-refractivity contribution in [2.75, 3.05) is 13.1 Å². The summed E-state index contributed by atoms with van der Waals surface area (Å²) < 4.78 is 5.96. The third kappa shape index (κ3) is 6.52. The molecule has 1 aliphatic carbocycles. The maximum atomic E-state index is 12.8. The monoisotopic (exact) mass is 483 g/mol. The van der Waals surface area contributed by atoms with Crippen molar-refractivity contribution in [1.82, 2.24) is 15.6 Å². The van der Waals surface area contributed by atoms with E-state index in [1.165, 1.54) is 36.8 Å². The molecule has 1 aromatic heterocycles. The first-order valence-corrected chi connectivity index (χ1v) is 13.5. The number of pyridine rings is 1. The average molecular weight is 484 g/mol. The zero-order chi connectivity index (χ0) is 24.6. The van der Waals surface area contributed by atoms with Crippen LogP contribution in [0.2, 0.25) is 0 Å². The first-order valence-electron chi connectivity index (χ1n) is 13.5. The Morgan fingerprint density at radius 1 is 0.917 bits per heavy atom. The van der Waals surface area contributed by atoms with E-state index in [9.17, 15) is 4.79 Å². The van der Waals surface area contributed by atoms with Crippen LogP contribution in [0, 0.1) is 5.92 Å². The molecular formula is C31H37N3O2. The van der Waals surface area contributed by atoms with E-state index in [0.29, 0.717) is 12.5 Å². The zero-order valence-electron chi connectivity index (χ0n) is 21.0. The highest BCUT2D eigenvalue weighted by Crippen LogP contribution is 2.38. The summed E-state index contributed by atoms with van der Waals surface area (Å²) in [6.45, 7) is 2.41. The van der Waals surface area contributed by atoms with E-state index >= 15 is 0 Å². The summed E-state index contributed by atoms with van der Waals surface area (Å²) in [6, 6.07) is 23.0. The molecular weight excluding hydrogens is 446 g/mol. The van der Waals surface area contributed by atoms with E-state index in [4.69, 9.17) is 4.74 Å². The molecule has 2 heterocycles. The van der Waals surface area contributed by atoms with Crippen molar-refractivity contribution in [3.05, 3.63) is 95.3 Å². The number of hydrogen-bond acceptors (Lipinski definition) is 4. The van der Waals surface area contributed by atoms with Crippen LogP contribution in [0.1, 0.15) is 78.0 Å². The normalized spacial score (nSPS) is 17.6. The lowest BCUT2D eigenvalue weighted by Crippen LogP contribution is -2.42. The number of aromatic nitrogens is 1. The zero-order valence-corrected chi connectivity index (χ0v) is 21.0. The molecule has 2 fully saturated rings. The van der Waals surface area contributed by atoms with Gasteiger partial charge in [0.1, 0.15) is 12.4 Å². The van der Waals surface area contributed by atoms with Gasteiger partial charge in [-0.15, -0.1) is 0 Å². The van der Waals surface area contributed by atoms with Gasteiger partial charge >= 0.3 is 0 Å². The molecule has 188 valence electrons. The average Bonchev–Trinajstić information content (AvgIpc) is 3.46. The van der Waals surface area contributed by atoms with Gasteiger partial charge in [-0.1, -0.05) is 56.0 Å². The Balaban J connectivity index is 1.28. The number of amides is 1. The van der Waals surface area contributed by atoms with Crippen LogP contribution < -0.4 is 15.4 Å². The highest BCUT2D eigenvalue weighted by molar-refractivity contribution is 5.94. The van der Waals surface area contributed by atoms with E-state index in [1.807, 2.05) is 30.3 Å². The van der Waals surface area contributed by atoms with E-state index in [0.717, 1.165) is 55.3 Å². The van der Waals surface area contributed by atoms with Crippen molar-refractivity contribution in [2.24, 2.45) is 5.92 Å².